The van der Waals surface area contributed by atoms with E-state index < -0.39 is 0 Å². The van der Waals surface area contributed by atoms with Gasteiger partial charge in [-0.1, -0.05) is 23.2 Å². The zero-order chi connectivity index (χ0) is 14.3. The highest BCUT2D eigenvalue weighted by Crippen LogP contribution is 2.34. The van der Waals surface area contributed by atoms with Gasteiger partial charge in [0.2, 0.25) is 5.91 Å². The summed E-state index contributed by atoms with van der Waals surface area (Å²) in [5.74, 6) is -0.0221. The number of nitrogens with one attached hydrogen (secondary N) is 2. The number of amides is 1. The molecular formula is C14H11Cl2N3O. The van der Waals surface area contributed by atoms with Gasteiger partial charge in [0.15, 0.2) is 0 Å². The molecule has 4 N–H and O–H groups in total. The molecule has 0 unspecified atom stereocenters. The number of nitrogens with two attached hydrogens (primary N) is 1. The smallest absolute Gasteiger partial charge is 0.228 e. The maximum Gasteiger partial charge on any atom is 0.228 e. The lowest BCUT2D eigenvalue weighted by atomic mass is 10.1. The topological polar surface area (TPSA) is 67.2 Å². The fourth-order valence-corrected chi connectivity index (χ4v) is 2.43. The zero-order valence-corrected chi connectivity index (χ0v) is 11.8. The molecule has 0 aromatic heterocycles. The Labute approximate surface area is 125 Å². The third-order valence-electron chi connectivity index (χ3n) is 3.10. The third-order valence-corrected chi connectivity index (χ3v) is 3.84. The zero-order valence-electron chi connectivity index (χ0n) is 10.3. The van der Waals surface area contributed by atoms with E-state index in [1.807, 2.05) is 6.07 Å². The van der Waals surface area contributed by atoms with Crippen LogP contribution in [0.4, 0.5) is 22.7 Å². The van der Waals surface area contributed by atoms with E-state index in [1.165, 1.54) is 0 Å². The number of hydrogen-bond donors (Lipinski definition) is 3. The maximum absolute atomic E-state index is 11.4. The Bertz CT molecular complexity index is 716. The molecule has 4 nitrogen and oxygen atoms in total. The van der Waals surface area contributed by atoms with E-state index in [-0.39, 0.29) is 5.91 Å². The van der Waals surface area contributed by atoms with Crippen molar-refractivity contribution in [1.82, 2.24) is 0 Å². The van der Waals surface area contributed by atoms with E-state index in [1.54, 1.807) is 24.3 Å². The van der Waals surface area contributed by atoms with Crippen molar-refractivity contribution >= 4 is 51.9 Å². The van der Waals surface area contributed by atoms with E-state index in [0.29, 0.717) is 27.8 Å². The molecule has 0 saturated heterocycles. The number of carbonyl (C=O) groups excluding carboxylic acids is 1. The minimum atomic E-state index is -0.0221. The summed E-state index contributed by atoms with van der Waals surface area (Å²) in [6.45, 7) is 0. The number of anilines is 4. The van der Waals surface area contributed by atoms with Gasteiger partial charge in [0.05, 0.1) is 27.8 Å². The number of benzene rings is 2. The summed E-state index contributed by atoms with van der Waals surface area (Å²) in [5, 5.41) is 6.91. The Morgan fingerprint density at radius 3 is 2.70 bits per heavy atom. The predicted molar refractivity (Wildman–Crippen MR) is 82.9 cm³/mol. The Balaban J connectivity index is 1.93. The minimum absolute atomic E-state index is 0.0221. The minimum Gasteiger partial charge on any atom is -0.397 e. The van der Waals surface area contributed by atoms with Crippen molar-refractivity contribution in [3.8, 4) is 0 Å². The first-order valence-electron chi connectivity index (χ1n) is 5.97. The molecule has 0 fully saturated rings. The van der Waals surface area contributed by atoms with E-state index in [2.05, 4.69) is 10.6 Å². The summed E-state index contributed by atoms with van der Waals surface area (Å²) in [6, 6.07) is 8.84. The molecule has 0 saturated carbocycles. The number of fused-ring (bicyclic) bond motifs is 1. The van der Waals surface area contributed by atoms with Gasteiger partial charge >= 0.3 is 0 Å². The third kappa shape index (κ3) is 2.40. The molecule has 0 bridgehead atoms. The summed E-state index contributed by atoms with van der Waals surface area (Å²) >= 11 is 11.8. The van der Waals surface area contributed by atoms with E-state index >= 15 is 0 Å². The van der Waals surface area contributed by atoms with Crippen molar-refractivity contribution in [2.45, 2.75) is 6.42 Å². The van der Waals surface area contributed by atoms with Crippen LogP contribution < -0.4 is 16.4 Å². The summed E-state index contributed by atoms with van der Waals surface area (Å²) in [6.07, 6.45) is 0.368. The quantitative estimate of drug-likeness (QED) is 0.739. The summed E-state index contributed by atoms with van der Waals surface area (Å²) in [5.41, 5.74) is 9.75. The van der Waals surface area contributed by atoms with Gasteiger partial charge in [0.25, 0.3) is 0 Å². The highest BCUT2D eigenvalue weighted by molar-refractivity contribution is 6.42. The molecule has 20 heavy (non-hydrogen) atoms. The molecule has 2 aromatic rings. The number of hydrogen-bond acceptors (Lipinski definition) is 3. The van der Waals surface area contributed by atoms with Crippen molar-refractivity contribution in [3.63, 3.8) is 0 Å². The first kappa shape index (κ1) is 13.1. The highest BCUT2D eigenvalue weighted by atomic mass is 35.5. The van der Waals surface area contributed by atoms with Gasteiger partial charge in [-0.2, -0.15) is 0 Å². The van der Waals surface area contributed by atoms with Gasteiger partial charge in [0.1, 0.15) is 0 Å². The lowest BCUT2D eigenvalue weighted by molar-refractivity contribution is -0.115. The lowest BCUT2D eigenvalue weighted by Crippen LogP contribution is -2.03. The number of carbonyl (C=O) groups is 1. The van der Waals surface area contributed by atoms with E-state index in [0.717, 1.165) is 16.9 Å². The molecule has 1 aliphatic heterocycles. The Morgan fingerprint density at radius 2 is 1.95 bits per heavy atom. The Morgan fingerprint density at radius 1 is 1.15 bits per heavy atom. The van der Waals surface area contributed by atoms with Gasteiger partial charge in [0, 0.05) is 11.4 Å². The Hall–Kier alpha value is -1.91. The number of halogens is 2. The van der Waals surface area contributed by atoms with Crippen molar-refractivity contribution in [1.29, 1.82) is 0 Å². The van der Waals surface area contributed by atoms with Crippen LogP contribution in [0.15, 0.2) is 30.3 Å². The van der Waals surface area contributed by atoms with E-state index in [4.69, 9.17) is 28.9 Å². The lowest BCUT2D eigenvalue weighted by Gasteiger charge is -2.12. The summed E-state index contributed by atoms with van der Waals surface area (Å²) < 4.78 is 0. The first-order chi connectivity index (χ1) is 9.52. The van der Waals surface area contributed by atoms with E-state index in [9.17, 15) is 4.79 Å². The molecule has 1 aliphatic rings. The van der Waals surface area contributed by atoms with Crippen molar-refractivity contribution < 1.29 is 4.79 Å². The molecule has 0 spiro atoms. The SMILES string of the molecule is Nc1cc2c(cc1Nc1ccc(Cl)c(Cl)c1)NC(=O)C2. The monoisotopic (exact) mass is 307 g/mol. The van der Waals surface area contributed by atoms with Gasteiger partial charge < -0.3 is 16.4 Å². The largest absolute Gasteiger partial charge is 0.397 e. The van der Waals surface area contributed by atoms with Gasteiger partial charge in [-0.15, -0.1) is 0 Å². The highest BCUT2D eigenvalue weighted by Gasteiger charge is 2.19. The average molecular weight is 308 g/mol. The van der Waals surface area contributed by atoms with Crippen LogP contribution in [0.5, 0.6) is 0 Å². The summed E-state index contributed by atoms with van der Waals surface area (Å²) in [4.78, 5) is 11.4. The maximum atomic E-state index is 11.4. The van der Waals surface area contributed by atoms with Gasteiger partial charge in [-0.05, 0) is 35.9 Å². The van der Waals surface area contributed by atoms with Crippen LogP contribution in [0.25, 0.3) is 0 Å². The molecule has 102 valence electrons. The Kier molecular flexibility index (Phi) is 3.20. The van der Waals surface area contributed by atoms with Crippen LogP contribution >= 0.6 is 23.2 Å². The molecule has 0 radical (unpaired) electrons. The number of rotatable bonds is 2. The van der Waals surface area contributed by atoms with Gasteiger partial charge in [-0.25, -0.2) is 0 Å². The molecule has 0 atom stereocenters. The predicted octanol–water partition coefficient (Wildman–Crippen LogP) is 3.81. The second-order valence-corrected chi connectivity index (χ2v) is 5.39. The molecule has 2 aromatic carbocycles. The van der Waals surface area contributed by atoms with Crippen LogP contribution in [0.2, 0.25) is 10.0 Å². The average Bonchev–Trinajstić information content (AvgIpc) is 2.73. The first-order valence-corrected chi connectivity index (χ1v) is 6.73. The van der Waals surface area contributed by atoms with Crippen molar-refractivity contribution in [3.05, 3.63) is 45.9 Å². The van der Waals surface area contributed by atoms with Crippen LogP contribution in [-0.2, 0) is 11.2 Å². The standard InChI is InChI=1S/C14H11Cl2N3O/c15-9-2-1-8(5-10(9)16)18-13-6-12-7(3-11(13)17)4-14(20)19-12/h1-3,5-6,18H,4,17H2,(H,19,20). The second kappa shape index (κ2) is 4.89. The number of nitrogen functional groups attached to an aromatic ring is 1. The molecule has 3 rings (SSSR count). The molecule has 1 amide bonds. The molecule has 6 heteroatoms. The molecule has 0 aliphatic carbocycles. The van der Waals surface area contributed by atoms with Crippen LogP contribution in [0.3, 0.4) is 0 Å². The van der Waals surface area contributed by atoms with Gasteiger partial charge in [-0.3, -0.25) is 4.79 Å². The van der Waals surface area contributed by atoms with Crippen LogP contribution in [-0.4, -0.2) is 5.91 Å². The van der Waals surface area contributed by atoms with Crippen LogP contribution in [0.1, 0.15) is 5.56 Å². The fourth-order valence-electron chi connectivity index (χ4n) is 2.13. The fraction of sp³-hybridized carbons (Fsp3) is 0.0714. The second-order valence-electron chi connectivity index (χ2n) is 4.58. The van der Waals surface area contributed by atoms with Crippen molar-refractivity contribution in [2.75, 3.05) is 16.4 Å². The molecule has 1 heterocycles. The molecular weight excluding hydrogens is 297 g/mol. The van der Waals surface area contributed by atoms with Crippen LogP contribution in [0, 0.1) is 0 Å². The normalized spacial score (nSPS) is 13.0. The summed E-state index contributed by atoms with van der Waals surface area (Å²) in [7, 11) is 0. The van der Waals surface area contributed by atoms with Crippen molar-refractivity contribution in [2.24, 2.45) is 0 Å².